The maximum atomic E-state index is 5.61. The molecule has 1 aromatic heterocycles. The normalized spacial score (nSPS) is 14.5. The second-order valence-corrected chi connectivity index (χ2v) is 5.01. The van der Waals surface area contributed by atoms with Gasteiger partial charge in [-0.05, 0) is 12.8 Å². The number of ether oxygens (including phenoxy) is 1. The zero-order chi connectivity index (χ0) is 16.5. The second kappa shape index (κ2) is 16.5. The summed E-state index contributed by atoms with van der Waals surface area (Å²) in [6.07, 6.45) is 4.80. The molecule has 1 fully saturated rings. The highest BCUT2D eigenvalue weighted by Gasteiger charge is 2.08. The van der Waals surface area contributed by atoms with Crippen molar-refractivity contribution >= 4 is 0 Å². The average molecular weight is 313 g/mol. The minimum atomic E-state index is 0.805. The summed E-state index contributed by atoms with van der Waals surface area (Å²) in [7, 11) is 0. The van der Waals surface area contributed by atoms with Crippen molar-refractivity contribution in [3.8, 4) is 0 Å². The van der Waals surface area contributed by atoms with Crippen molar-refractivity contribution in [2.75, 3.05) is 45.9 Å². The molecule has 2 rings (SSSR count). The Morgan fingerprint density at radius 1 is 1.23 bits per heavy atom. The lowest BCUT2D eigenvalue weighted by Gasteiger charge is -2.26. The maximum absolute atomic E-state index is 5.61. The molecule has 0 aliphatic carbocycles. The Hall–Kier alpha value is -0.910. The van der Waals surface area contributed by atoms with Crippen LogP contribution in [0, 0.1) is 0 Å². The number of nitrogens with zero attached hydrogens (tertiary/aromatic N) is 2. The van der Waals surface area contributed by atoms with E-state index in [4.69, 9.17) is 9.26 Å². The van der Waals surface area contributed by atoms with Gasteiger partial charge in [0.25, 0.3) is 0 Å². The van der Waals surface area contributed by atoms with Crippen molar-refractivity contribution in [2.45, 2.75) is 47.0 Å². The number of aryl methyl sites for hydroxylation is 1. The molecular weight excluding hydrogens is 278 g/mol. The van der Waals surface area contributed by atoms with Crippen LogP contribution in [0.1, 0.15) is 46.2 Å². The summed E-state index contributed by atoms with van der Waals surface area (Å²) in [6.45, 7) is 15.4. The first-order valence-electron chi connectivity index (χ1n) is 8.76. The van der Waals surface area contributed by atoms with Crippen LogP contribution < -0.4 is 5.32 Å². The van der Waals surface area contributed by atoms with Gasteiger partial charge in [-0.2, -0.15) is 0 Å². The van der Waals surface area contributed by atoms with Gasteiger partial charge in [0, 0.05) is 45.4 Å². The Labute approximate surface area is 136 Å². The predicted octanol–water partition coefficient (Wildman–Crippen LogP) is 2.97. The van der Waals surface area contributed by atoms with E-state index in [0.717, 1.165) is 64.5 Å². The fourth-order valence-corrected chi connectivity index (χ4v) is 1.95. The molecular formula is C17H35N3O2. The topological polar surface area (TPSA) is 50.5 Å². The molecule has 0 atom stereocenters. The van der Waals surface area contributed by atoms with E-state index in [-0.39, 0.29) is 0 Å². The van der Waals surface area contributed by atoms with Crippen LogP contribution in [0.3, 0.4) is 0 Å². The van der Waals surface area contributed by atoms with Crippen LogP contribution in [0.25, 0.3) is 0 Å². The molecule has 1 aliphatic heterocycles. The predicted molar refractivity (Wildman–Crippen MR) is 92.3 cm³/mol. The van der Waals surface area contributed by atoms with E-state index in [9.17, 15) is 0 Å². The first-order valence-corrected chi connectivity index (χ1v) is 8.76. The van der Waals surface area contributed by atoms with E-state index in [1.807, 2.05) is 19.9 Å². The van der Waals surface area contributed by atoms with Crippen LogP contribution in [0.15, 0.2) is 16.9 Å². The van der Waals surface area contributed by atoms with Gasteiger partial charge in [-0.1, -0.05) is 39.3 Å². The van der Waals surface area contributed by atoms with Gasteiger partial charge in [-0.15, -0.1) is 0 Å². The van der Waals surface area contributed by atoms with Crippen molar-refractivity contribution in [3.63, 3.8) is 0 Å². The van der Waals surface area contributed by atoms with Gasteiger partial charge >= 0.3 is 0 Å². The highest BCUT2D eigenvalue weighted by molar-refractivity contribution is 4.94. The minimum Gasteiger partial charge on any atom is -0.380 e. The number of rotatable bonds is 7. The molecule has 1 saturated heterocycles. The lowest BCUT2D eigenvalue weighted by Crippen LogP contribution is -2.44. The summed E-state index contributed by atoms with van der Waals surface area (Å²) in [4.78, 5) is 2.44. The number of piperazine rings is 1. The van der Waals surface area contributed by atoms with E-state index in [0.29, 0.717) is 0 Å². The fraction of sp³-hybridized carbons (Fsp3) is 0.824. The van der Waals surface area contributed by atoms with E-state index in [2.05, 4.69) is 29.2 Å². The molecule has 130 valence electrons. The molecule has 0 radical (unpaired) electrons. The molecule has 5 nitrogen and oxygen atoms in total. The molecule has 0 aromatic carbocycles. The second-order valence-electron chi connectivity index (χ2n) is 5.01. The monoisotopic (exact) mass is 313 g/mol. The van der Waals surface area contributed by atoms with Gasteiger partial charge in [0.15, 0.2) is 0 Å². The zero-order valence-electron chi connectivity index (χ0n) is 14.9. The van der Waals surface area contributed by atoms with Gasteiger partial charge < -0.3 is 14.6 Å². The molecule has 1 N–H and O–H groups in total. The summed E-state index contributed by atoms with van der Waals surface area (Å²) in [6, 6.07) is 1.90. The molecule has 0 spiro atoms. The van der Waals surface area contributed by atoms with Crippen molar-refractivity contribution < 1.29 is 9.26 Å². The molecule has 1 aliphatic rings. The first-order chi connectivity index (χ1) is 10.9. The minimum absolute atomic E-state index is 0.805. The molecule has 0 bridgehead atoms. The van der Waals surface area contributed by atoms with Crippen LogP contribution in [0.5, 0.6) is 0 Å². The first kappa shape index (κ1) is 21.1. The van der Waals surface area contributed by atoms with Crippen LogP contribution in [-0.4, -0.2) is 56.0 Å². The number of aromatic nitrogens is 1. The van der Waals surface area contributed by atoms with Crippen molar-refractivity contribution in [1.29, 1.82) is 0 Å². The van der Waals surface area contributed by atoms with Gasteiger partial charge in [-0.3, -0.25) is 4.90 Å². The Morgan fingerprint density at radius 2 is 1.91 bits per heavy atom. The Morgan fingerprint density at radius 3 is 2.50 bits per heavy atom. The molecule has 5 heteroatoms. The number of hydrogen-bond donors (Lipinski definition) is 1. The summed E-state index contributed by atoms with van der Waals surface area (Å²) in [5.41, 5.74) is 1.01. The Kier molecular flexibility index (Phi) is 15.8. The largest absolute Gasteiger partial charge is 0.380 e. The lowest BCUT2D eigenvalue weighted by atomic mass is 10.2. The van der Waals surface area contributed by atoms with Crippen LogP contribution in [0.4, 0.5) is 0 Å². The van der Waals surface area contributed by atoms with E-state index in [1.54, 1.807) is 6.26 Å². The average Bonchev–Trinajstić information content (AvgIpc) is 3.08. The lowest BCUT2D eigenvalue weighted by molar-refractivity contribution is 0.0974. The third-order valence-electron chi connectivity index (χ3n) is 2.97. The standard InChI is InChI=1S/C12H21N3O2.C3H8.C2H6/c1(2-12-3-10-17-14-12)9-16-11-8-15-6-4-13-5-7-15;1-3-2;1-2/h3,10,13H,1-2,4-9,11H2;3H2,1-2H3;1-2H3. The van der Waals surface area contributed by atoms with Gasteiger partial charge in [0.05, 0.1) is 12.3 Å². The molecule has 22 heavy (non-hydrogen) atoms. The SMILES string of the molecule is CC.CCC.c1cc(CCCOCCN2CCNCC2)no1. The van der Waals surface area contributed by atoms with E-state index in [1.165, 1.54) is 6.42 Å². The third kappa shape index (κ3) is 11.7. The van der Waals surface area contributed by atoms with Gasteiger partial charge in [0.2, 0.25) is 0 Å². The summed E-state index contributed by atoms with van der Waals surface area (Å²) < 4.78 is 10.4. The maximum Gasteiger partial charge on any atom is 0.124 e. The van der Waals surface area contributed by atoms with Crippen molar-refractivity contribution in [1.82, 2.24) is 15.4 Å². The smallest absolute Gasteiger partial charge is 0.124 e. The summed E-state index contributed by atoms with van der Waals surface area (Å²) in [5.74, 6) is 0. The van der Waals surface area contributed by atoms with Crippen LogP contribution >= 0.6 is 0 Å². The van der Waals surface area contributed by atoms with Gasteiger partial charge in [0.1, 0.15) is 6.26 Å². The number of nitrogens with one attached hydrogen (secondary N) is 1. The Balaban J connectivity index is 0.000000789. The fourth-order valence-electron chi connectivity index (χ4n) is 1.95. The highest BCUT2D eigenvalue weighted by atomic mass is 16.5. The van der Waals surface area contributed by atoms with Gasteiger partial charge in [-0.25, -0.2) is 0 Å². The van der Waals surface area contributed by atoms with E-state index < -0.39 is 0 Å². The Bertz CT molecular complexity index is 299. The summed E-state index contributed by atoms with van der Waals surface area (Å²) in [5, 5.41) is 7.20. The number of hydrogen-bond acceptors (Lipinski definition) is 5. The van der Waals surface area contributed by atoms with Crippen molar-refractivity contribution in [3.05, 3.63) is 18.0 Å². The summed E-state index contributed by atoms with van der Waals surface area (Å²) >= 11 is 0. The molecule has 0 unspecified atom stereocenters. The highest BCUT2D eigenvalue weighted by Crippen LogP contribution is 1.99. The quantitative estimate of drug-likeness (QED) is 0.784. The molecule has 1 aromatic rings. The van der Waals surface area contributed by atoms with Crippen LogP contribution in [0.2, 0.25) is 0 Å². The molecule has 0 saturated carbocycles. The third-order valence-corrected chi connectivity index (χ3v) is 2.97. The van der Waals surface area contributed by atoms with Crippen molar-refractivity contribution in [2.24, 2.45) is 0 Å². The molecule has 2 heterocycles. The van der Waals surface area contributed by atoms with Crippen LogP contribution in [-0.2, 0) is 11.2 Å². The zero-order valence-corrected chi connectivity index (χ0v) is 14.9. The van der Waals surface area contributed by atoms with E-state index >= 15 is 0 Å². The molecule has 0 amide bonds.